The average Bonchev–Trinajstić information content (AvgIpc) is 2.68. The molecule has 0 amide bonds. The monoisotopic (exact) mass is 375 g/mol. The largest absolute Gasteiger partial charge is 0.480 e. The molecule has 0 fully saturated rings. The van der Waals surface area contributed by atoms with Gasteiger partial charge in [-0.1, -0.05) is 36.4 Å². The van der Waals surface area contributed by atoms with Gasteiger partial charge in [-0.2, -0.15) is 5.26 Å². The van der Waals surface area contributed by atoms with Crippen molar-refractivity contribution in [3.63, 3.8) is 0 Å². The lowest BCUT2D eigenvalue weighted by atomic mass is 10.00. The summed E-state index contributed by atoms with van der Waals surface area (Å²) in [5.41, 5.74) is 3.02. The number of pyridine rings is 1. The van der Waals surface area contributed by atoms with Crippen LogP contribution in [0.25, 0.3) is 28.2 Å². The van der Waals surface area contributed by atoms with Crippen LogP contribution in [0.4, 0.5) is 10.1 Å². The van der Waals surface area contributed by atoms with Crippen molar-refractivity contribution in [2.24, 2.45) is 0 Å². The number of aliphatic carboxylic acids is 1. The molecule has 2 N–H and O–H groups in total. The van der Waals surface area contributed by atoms with Crippen LogP contribution < -0.4 is 5.32 Å². The molecule has 0 aliphatic rings. The Hall–Kier alpha value is -3.72. The van der Waals surface area contributed by atoms with Crippen LogP contribution in [0.5, 0.6) is 0 Å². The molecular formula is C22H18FN3O2. The molecule has 0 spiro atoms. The Balaban J connectivity index is 2.27. The number of nitriles is 1. The summed E-state index contributed by atoms with van der Waals surface area (Å²) in [5, 5.41) is 22.2. The van der Waals surface area contributed by atoms with E-state index >= 15 is 0 Å². The molecule has 1 heterocycles. The van der Waals surface area contributed by atoms with E-state index in [1.165, 1.54) is 25.1 Å². The van der Waals surface area contributed by atoms with Gasteiger partial charge < -0.3 is 10.4 Å². The van der Waals surface area contributed by atoms with E-state index in [-0.39, 0.29) is 11.3 Å². The Morgan fingerprint density at radius 3 is 2.61 bits per heavy atom. The van der Waals surface area contributed by atoms with Gasteiger partial charge in [-0.25, -0.2) is 9.37 Å². The number of nitrogens with one attached hydrogen (secondary N) is 1. The van der Waals surface area contributed by atoms with Crippen molar-refractivity contribution < 1.29 is 14.3 Å². The highest BCUT2D eigenvalue weighted by Crippen LogP contribution is 2.34. The predicted octanol–water partition coefficient (Wildman–Crippen LogP) is 4.83. The van der Waals surface area contributed by atoms with Crippen molar-refractivity contribution in [1.29, 1.82) is 5.26 Å². The van der Waals surface area contributed by atoms with E-state index in [2.05, 4.69) is 16.4 Å². The van der Waals surface area contributed by atoms with E-state index in [0.29, 0.717) is 22.2 Å². The third kappa shape index (κ3) is 3.69. The Morgan fingerprint density at radius 1 is 1.29 bits per heavy atom. The molecule has 0 saturated carbocycles. The lowest BCUT2D eigenvalue weighted by Crippen LogP contribution is -2.26. The second kappa shape index (κ2) is 7.89. The van der Waals surface area contributed by atoms with Gasteiger partial charge in [0.2, 0.25) is 0 Å². The first-order chi connectivity index (χ1) is 13.4. The molecule has 0 bridgehead atoms. The molecule has 3 rings (SSSR count). The topological polar surface area (TPSA) is 86.0 Å². The maximum Gasteiger partial charge on any atom is 0.325 e. The second-order valence-electron chi connectivity index (χ2n) is 6.31. The average molecular weight is 375 g/mol. The van der Waals surface area contributed by atoms with Gasteiger partial charge >= 0.3 is 5.97 Å². The molecule has 140 valence electrons. The number of fused-ring (bicyclic) bond motifs is 1. The number of carboxylic acids is 1. The fourth-order valence-corrected chi connectivity index (χ4v) is 2.93. The highest BCUT2D eigenvalue weighted by molar-refractivity contribution is 5.99. The first-order valence-corrected chi connectivity index (χ1v) is 8.70. The molecule has 1 atom stereocenters. The summed E-state index contributed by atoms with van der Waals surface area (Å²) in [7, 11) is 0. The number of allylic oxidation sites excluding steroid dienone is 1. The van der Waals surface area contributed by atoms with E-state index in [1.54, 1.807) is 0 Å². The van der Waals surface area contributed by atoms with Crippen LogP contribution in [-0.4, -0.2) is 22.1 Å². The van der Waals surface area contributed by atoms with Gasteiger partial charge in [0.1, 0.15) is 23.5 Å². The number of halogens is 1. The van der Waals surface area contributed by atoms with Gasteiger partial charge in [0, 0.05) is 10.9 Å². The van der Waals surface area contributed by atoms with Gasteiger partial charge in [0.05, 0.1) is 16.9 Å². The zero-order valence-electron chi connectivity index (χ0n) is 15.4. The molecule has 1 unspecified atom stereocenters. The normalized spacial score (nSPS) is 12.1. The SMILES string of the molecule is C/C=C/c1ccc(-c2nc3ccc(F)cc3c(NC(C)C(=O)O)c2C#N)cc1. The molecule has 3 aromatic rings. The minimum atomic E-state index is -1.08. The number of carboxylic acid groups (broad SMARTS) is 1. The van der Waals surface area contributed by atoms with E-state index in [1.807, 2.05) is 43.3 Å². The van der Waals surface area contributed by atoms with Crippen LogP contribution in [0, 0.1) is 17.1 Å². The third-order valence-corrected chi connectivity index (χ3v) is 4.33. The summed E-state index contributed by atoms with van der Waals surface area (Å²) in [6.45, 7) is 3.38. The third-order valence-electron chi connectivity index (χ3n) is 4.33. The minimum Gasteiger partial charge on any atom is -0.480 e. The summed E-state index contributed by atoms with van der Waals surface area (Å²) in [6, 6.07) is 12.7. The molecule has 1 aromatic heterocycles. The highest BCUT2D eigenvalue weighted by atomic mass is 19.1. The van der Waals surface area contributed by atoms with Gasteiger partial charge in [-0.05, 0) is 37.6 Å². The number of hydrogen-bond donors (Lipinski definition) is 2. The number of rotatable bonds is 5. The number of anilines is 1. The van der Waals surface area contributed by atoms with Crippen LogP contribution in [0.2, 0.25) is 0 Å². The molecular weight excluding hydrogens is 357 g/mol. The second-order valence-corrected chi connectivity index (χ2v) is 6.31. The fourth-order valence-electron chi connectivity index (χ4n) is 2.93. The van der Waals surface area contributed by atoms with Gasteiger partial charge in [-0.15, -0.1) is 0 Å². The predicted molar refractivity (Wildman–Crippen MR) is 107 cm³/mol. The lowest BCUT2D eigenvalue weighted by molar-refractivity contribution is -0.137. The number of carbonyl (C=O) groups is 1. The first kappa shape index (κ1) is 19.1. The van der Waals surface area contributed by atoms with Crippen molar-refractivity contribution in [1.82, 2.24) is 4.98 Å². The van der Waals surface area contributed by atoms with Gasteiger partial charge in [0.15, 0.2) is 0 Å². The zero-order chi connectivity index (χ0) is 20.3. The smallest absolute Gasteiger partial charge is 0.325 e. The van der Waals surface area contributed by atoms with Crippen molar-refractivity contribution >= 4 is 28.6 Å². The number of nitrogens with zero attached hydrogens (tertiary/aromatic N) is 2. The number of hydrogen-bond acceptors (Lipinski definition) is 4. The maximum absolute atomic E-state index is 13.8. The quantitative estimate of drug-likeness (QED) is 0.667. The fraction of sp³-hybridized carbons (Fsp3) is 0.136. The van der Waals surface area contributed by atoms with E-state index < -0.39 is 17.8 Å². The van der Waals surface area contributed by atoms with Gasteiger partial charge in [-0.3, -0.25) is 4.79 Å². The van der Waals surface area contributed by atoms with Crippen molar-refractivity contribution in [2.45, 2.75) is 19.9 Å². The standard InChI is InChI=1S/C22H18FN3O2/c1-3-4-14-5-7-15(8-6-14)20-18(12-24)21(25-13(2)22(27)28)17-11-16(23)9-10-19(17)26-20/h3-11,13H,1-2H3,(H,25,26)(H,27,28)/b4-3+. The highest BCUT2D eigenvalue weighted by Gasteiger charge is 2.20. The summed E-state index contributed by atoms with van der Waals surface area (Å²) in [4.78, 5) is 15.9. The van der Waals surface area contributed by atoms with Crippen LogP contribution in [0.3, 0.4) is 0 Å². The minimum absolute atomic E-state index is 0.171. The molecule has 6 heteroatoms. The Morgan fingerprint density at radius 2 is 2.00 bits per heavy atom. The Kier molecular flexibility index (Phi) is 5.37. The Labute approximate surface area is 161 Å². The summed E-state index contributed by atoms with van der Waals surface area (Å²) in [6.07, 6.45) is 3.88. The number of benzene rings is 2. The summed E-state index contributed by atoms with van der Waals surface area (Å²) in [5.74, 6) is -1.57. The number of aromatic nitrogens is 1. The first-order valence-electron chi connectivity index (χ1n) is 8.70. The summed E-state index contributed by atoms with van der Waals surface area (Å²) >= 11 is 0. The van der Waals surface area contributed by atoms with Crippen LogP contribution in [0.15, 0.2) is 48.5 Å². The maximum atomic E-state index is 13.8. The van der Waals surface area contributed by atoms with Crippen LogP contribution in [0.1, 0.15) is 25.0 Å². The molecule has 5 nitrogen and oxygen atoms in total. The molecule has 0 radical (unpaired) electrons. The van der Waals surface area contributed by atoms with Gasteiger partial charge in [0.25, 0.3) is 0 Å². The lowest BCUT2D eigenvalue weighted by Gasteiger charge is -2.17. The molecule has 0 aliphatic carbocycles. The van der Waals surface area contributed by atoms with Crippen LogP contribution in [-0.2, 0) is 4.79 Å². The van der Waals surface area contributed by atoms with Crippen LogP contribution >= 0.6 is 0 Å². The van der Waals surface area contributed by atoms with E-state index in [0.717, 1.165) is 5.56 Å². The molecule has 2 aromatic carbocycles. The van der Waals surface area contributed by atoms with Crippen molar-refractivity contribution in [3.8, 4) is 17.3 Å². The van der Waals surface area contributed by atoms with Crippen molar-refractivity contribution in [2.75, 3.05) is 5.32 Å². The molecule has 0 aliphatic heterocycles. The van der Waals surface area contributed by atoms with E-state index in [4.69, 9.17) is 0 Å². The molecule has 28 heavy (non-hydrogen) atoms. The summed E-state index contributed by atoms with van der Waals surface area (Å²) < 4.78 is 13.8. The Bertz CT molecular complexity index is 1120. The zero-order valence-corrected chi connectivity index (χ0v) is 15.4. The van der Waals surface area contributed by atoms with Crippen molar-refractivity contribution in [3.05, 3.63) is 65.5 Å². The van der Waals surface area contributed by atoms with E-state index in [9.17, 15) is 19.6 Å². The molecule has 0 saturated heterocycles.